The number of carbonyl (C=O) groups excluding carboxylic acids is 1. The topological polar surface area (TPSA) is 81.4 Å². The molecule has 4 aromatic rings. The van der Waals surface area contributed by atoms with Crippen LogP contribution in [0.3, 0.4) is 0 Å². The summed E-state index contributed by atoms with van der Waals surface area (Å²) in [7, 11) is 3.45. The molecule has 37 heavy (non-hydrogen) atoms. The molecule has 1 N–H and O–H groups in total. The summed E-state index contributed by atoms with van der Waals surface area (Å²) in [4.78, 5) is 29.8. The van der Waals surface area contributed by atoms with Crippen molar-refractivity contribution in [1.82, 2.24) is 24.6 Å². The maximum atomic E-state index is 13.7. The molecule has 1 fully saturated rings. The molecule has 0 spiro atoms. The highest BCUT2D eigenvalue weighted by Crippen LogP contribution is 2.28. The third-order valence-corrected chi connectivity index (χ3v) is 7.60. The van der Waals surface area contributed by atoms with Gasteiger partial charge in [0, 0.05) is 42.5 Å². The van der Waals surface area contributed by atoms with Gasteiger partial charge in [0.1, 0.15) is 11.3 Å². The van der Waals surface area contributed by atoms with Crippen LogP contribution in [-0.2, 0) is 7.05 Å². The molecule has 1 aliphatic rings. The molecular weight excluding hydrogens is 466 g/mol. The van der Waals surface area contributed by atoms with Crippen LogP contribution in [0.1, 0.15) is 49.5 Å². The van der Waals surface area contributed by atoms with Crippen molar-refractivity contribution in [2.75, 3.05) is 26.7 Å². The van der Waals surface area contributed by atoms with E-state index in [0.717, 1.165) is 30.4 Å². The van der Waals surface area contributed by atoms with Gasteiger partial charge >= 0.3 is 0 Å². The number of hydrogen-bond donors (Lipinski definition) is 1. The van der Waals surface area contributed by atoms with Gasteiger partial charge in [0.15, 0.2) is 5.69 Å². The number of para-hydroxylation sites is 1. The number of nitrogens with zero attached hydrogens (tertiary/aromatic N) is 4. The summed E-state index contributed by atoms with van der Waals surface area (Å²) in [5.41, 5.74) is 1.89. The molecule has 0 unspecified atom stereocenters. The summed E-state index contributed by atoms with van der Waals surface area (Å²) in [6, 6.07) is 15.5. The Bertz CT molecular complexity index is 1470. The number of ether oxygens (including phenoxy) is 1. The van der Waals surface area contributed by atoms with Crippen molar-refractivity contribution in [3.63, 3.8) is 0 Å². The van der Waals surface area contributed by atoms with Crippen LogP contribution in [0, 0.1) is 0 Å². The van der Waals surface area contributed by atoms with Crippen LogP contribution in [0.4, 0.5) is 0 Å². The third-order valence-electron chi connectivity index (χ3n) is 7.60. The highest BCUT2D eigenvalue weighted by molar-refractivity contribution is 6.16. The van der Waals surface area contributed by atoms with E-state index < -0.39 is 0 Å². The molecule has 0 radical (unpaired) electrons. The number of likely N-dealkylation sites (tertiary alicyclic amines) is 1. The number of nitrogens with one attached hydrogen (secondary N) is 1. The van der Waals surface area contributed by atoms with Crippen molar-refractivity contribution in [3.8, 4) is 11.4 Å². The molecule has 2 aromatic heterocycles. The Morgan fingerprint density at radius 1 is 1.14 bits per heavy atom. The molecule has 194 valence electrons. The van der Waals surface area contributed by atoms with E-state index in [9.17, 15) is 9.59 Å². The monoisotopic (exact) mass is 501 g/mol. The lowest BCUT2D eigenvalue weighted by atomic mass is 10.00. The lowest BCUT2D eigenvalue weighted by molar-refractivity contribution is 0.0942. The van der Waals surface area contributed by atoms with Crippen molar-refractivity contribution >= 4 is 27.7 Å². The predicted molar refractivity (Wildman–Crippen MR) is 147 cm³/mol. The normalized spacial score (nSPS) is 16.4. The first-order valence-electron chi connectivity index (χ1n) is 13.2. The average molecular weight is 502 g/mol. The van der Waals surface area contributed by atoms with E-state index in [-0.39, 0.29) is 17.2 Å². The molecule has 0 bridgehead atoms. The van der Waals surface area contributed by atoms with Gasteiger partial charge in [0.2, 0.25) is 0 Å². The number of amides is 1. The van der Waals surface area contributed by atoms with Crippen molar-refractivity contribution < 1.29 is 9.53 Å². The second-order valence-electron chi connectivity index (χ2n) is 9.77. The first-order valence-corrected chi connectivity index (χ1v) is 13.2. The zero-order chi connectivity index (χ0) is 25.9. The lowest BCUT2D eigenvalue weighted by Crippen LogP contribution is -2.40. The minimum absolute atomic E-state index is 0.256. The van der Waals surface area contributed by atoms with Gasteiger partial charge in [-0.05, 0) is 62.6 Å². The number of hydrogen-bond acceptors (Lipinski definition) is 5. The van der Waals surface area contributed by atoms with E-state index >= 15 is 0 Å². The standard InChI is InChI=1S/C29H35N5O3/c1-4-20-10-7-8-18-33(20)19-9-17-30-28(35)26-25-23-11-5-6-12-24(23)32(2)27(25)29(36)34(31-26)21-13-15-22(37-3)16-14-21/h5-6,11-16,20H,4,7-10,17-19H2,1-3H3,(H,30,35)/t20-/m1/s1. The number of methoxy groups -OCH3 is 1. The molecule has 2 aromatic carbocycles. The first kappa shape index (κ1) is 25.0. The molecule has 3 heterocycles. The van der Waals surface area contributed by atoms with Crippen LogP contribution in [0.2, 0.25) is 0 Å². The number of piperidine rings is 1. The van der Waals surface area contributed by atoms with Crippen LogP contribution >= 0.6 is 0 Å². The van der Waals surface area contributed by atoms with E-state index in [1.807, 2.05) is 35.9 Å². The Morgan fingerprint density at radius 3 is 2.68 bits per heavy atom. The second-order valence-corrected chi connectivity index (χ2v) is 9.77. The minimum Gasteiger partial charge on any atom is -0.497 e. The Labute approximate surface area is 216 Å². The van der Waals surface area contributed by atoms with Crippen molar-refractivity contribution in [3.05, 3.63) is 64.6 Å². The predicted octanol–water partition coefficient (Wildman–Crippen LogP) is 4.27. The molecule has 1 amide bonds. The Kier molecular flexibility index (Phi) is 7.28. The Balaban J connectivity index is 1.48. The maximum absolute atomic E-state index is 13.7. The molecule has 8 nitrogen and oxygen atoms in total. The smallest absolute Gasteiger partial charge is 0.296 e. The molecule has 1 atom stereocenters. The fraction of sp³-hybridized carbons (Fsp3) is 0.414. The third kappa shape index (κ3) is 4.73. The first-order chi connectivity index (χ1) is 18.0. The second kappa shape index (κ2) is 10.8. The summed E-state index contributed by atoms with van der Waals surface area (Å²) >= 11 is 0. The highest BCUT2D eigenvalue weighted by Gasteiger charge is 2.24. The van der Waals surface area contributed by atoms with E-state index in [2.05, 4.69) is 22.2 Å². The van der Waals surface area contributed by atoms with Crippen LogP contribution in [0.15, 0.2) is 53.3 Å². The Morgan fingerprint density at radius 2 is 1.92 bits per heavy atom. The minimum atomic E-state index is -0.272. The molecule has 5 rings (SSSR count). The number of aromatic nitrogens is 3. The molecule has 8 heteroatoms. The fourth-order valence-corrected chi connectivity index (χ4v) is 5.62. The molecular formula is C29H35N5O3. The molecule has 1 aliphatic heterocycles. The quantitative estimate of drug-likeness (QED) is 0.365. The molecule has 1 saturated heterocycles. The van der Waals surface area contributed by atoms with Crippen molar-refractivity contribution in [2.45, 2.75) is 45.1 Å². The van der Waals surface area contributed by atoms with Gasteiger partial charge in [-0.1, -0.05) is 31.5 Å². The number of aryl methyl sites for hydroxylation is 1. The SMILES string of the molecule is CC[C@@H]1CCCCN1CCCNC(=O)c1nn(-c2ccc(OC)cc2)c(=O)c2c1c1ccccc1n2C. The van der Waals surface area contributed by atoms with Crippen LogP contribution in [-0.4, -0.2) is 57.9 Å². The van der Waals surface area contributed by atoms with Crippen molar-refractivity contribution in [1.29, 1.82) is 0 Å². The van der Waals surface area contributed by atoms with Gasteiger partial charge < -0.3 is 19.5 Å². The van der Waals surface area contributed by atoms with Gasteiger partial charge in [0.25, 0.3) is 11.5 Å². The highest BCUT2D eigenvalue weighted by atomic mass is 16.5. The fourth-order valence-electron chi connectivity index (χ4n) is 5.62. The summed E-state index contributed by atoms with van der Waals surface area (Å²) < 4.78 is 8.43. The van der Waals surface area contributed by atoms with Crippen LogP contribution in [0.5, 0.6) is 5.75 Å². The van der Waals surface area contributed by atoms with E-state index in [1.54, 1.807) is 31.4 Å². The van der Waals surface area contributed by atoms with E-state index in [1.165, 1.54) is 30.4 Å². The van der Waals surface area contributed by atoms with Gasteiger partial charge in [-0.3, -0.25) is 9.59 Å². The summed E-state index contributed by atoms with van der Waals surface area (Å²) in [6.07, 6.45) is 5.86. The maximum Gasteiger partial charge on any atom is 0.296 e. The molecule has 0 saturated carbocycles. The van der Waals surface area contributed by atoms with Gasteiger partial charge in [-0.25, -0.2) is 0 Å². The average Bonchev–Trinajstić information content (AvgIpc) is 3.24. The zero-order valence-electron chi connectivity index (χ0n) is 21.9. The van der Waals surface area contributed by atoms with E-state index in [4.69, 9.17) is 4.74 Å². The Hall–Kier alpha value is -3.65. The van der Waals surface area contributed by atoms with Crippen LogP contribution < -0.4 is 15.6 Å². The summed E-state index contributed by atoms with van der Waals surface area (Å²) in [5.74, 6) is 0.411. The number of benzene rings is 2. The van der Waals surface area contributed by atoms with Gasteiger partial charge in [-0.15, -0.1) is 0 Å². The molecule has 0 aliphatic carbocycles. The number of rotatable bonds is 8. The van der Waals surface area contributed by atoms with Gasteiger partial charge in [0.05, 0.1) is 12.8 Å². The zero-order valence-corrected chi connectivity index (χ0v) is 21.9. The van der Waals surface area contributed by atoms with E-state index in [0.29, 0.717) is 34.9 Å². The summed E-state index contributed by atoms with van der Waals surface area (Å²) in [6.45, 7) is 4.92. The summed E-state index contributed by atoms with van der Waals surface area (Å²) in [5, 5.41) is 9.13. The largest absolute Gasteiger partial charge is 0.497 e. The van der Waals surface area contributed by atoms with Crippen LogP contribution in [0.25, 0.3) is 27.5 Å². The number of carbonyl (C=O) groups is 1. The van der Waals surface area contributed by atoms with Crippen molar-refractivity contribution in [2.24, 2.45) is 7.05 Å². The number of fused-ring (bicyclic) bond motifs is 3. The lowest BCUT2D eigenvalue weighted by Gasteiger charge is -2.35. The van der Waals surface area contributed by atoms with Gasteiger partial charge in [-0.2, -0.15) is 9.78 Å².